The molecule has 0 aliphatic heterocycles. The molecule has 0 amide bonds. The van der Waals surface area contributed by atoms with Crippen molar-refractivity contribution in [1.29, 1.82) is 0 Å². The Labute approximate surface area is 138 Å². The predicted molar refractivity (Wildman–Crippen MR) is 95.5 cm³/mol. The van der Waals surface area contributed by atoms with Gasteiger partial charge in [0.1, 0.15) is 11.3 Å². The van der Waals surface area contributed by atoms with Gasteiger partial charge in [0.15, 0.2) is 0 Å². The number of benzene rings is 1. The molecule has 3 nitrogen and oxygen atoms in total. The Morgan fingerprint density at radius 3 is 2.52 bits per heavy atom. The SMILES string of the molecule is CCCCCOc1ccc2c(C)c(CCCCC)c(=O)oc2c1. The maximum absolute atomic E-state index is 12.3. The molecule has 0 radical (unpaired) electrons. The number of hydrogen-bond donors (Lipinski definition) is 0. The zero-order valence-electron chi connectivity index (χ0n) is 14.6. The van der Waals surface area contributed by atoms with Gasteiger partial charge in [-0.2, -0.15) is 0 Å². The van der Waals surface area contributed by atoms with Crippen molar-refractivity contribution in [3.63, 3.8) is 0 Å². The Bertz CT molecular complexity index is 685. The lowest BCUT2D eigenvalue weighted by molar-refractivity contribution is 0.306. The fourth-order valence-corrected chi connectivity index (χ4v) is 2.85. The van der Waals surface area contributed by atoms with E-state index in [1.54, 1.807) is 0 Å². The Morgan fingerprint density at radius 1 is 1.04 bits per heavy atom. The molecule has 2 aromatic rings. The zero-order valence-corrected chi connectivity index (χ0v) is 14.6. The van der Waals surface area contributed by atoms with E-state index >= 15 is 0 Å². The molecule has 0 bridgehead atoms. The van der Waals surface area contributed by atoms with Gasteiger partial charge >= 0.3 is 5.63 Å². The monoisotopic (exact) mass is 316 g/mol. The quantitative estimate of drug-likeness (QED) is 0.459. The number of unbranched alkanes of at least 4 members (excludes halogenated alkanes) is 4. The van der Waals surface area contributed by atoms with E-state index in [4.69, 9.17) is 9.15 Å². The molecule has 126 valence electrons. The molecule has 0 aliphatic rings. The van der Waals surface area contributed by atoms with E-state index in [2.05, 4.69) is 13.8 Å². The average molecular weight is 316 g/mol. The van der Waals surface area contributed by atoms with Crippen molar-refractivity contribution in [1.82, 2.24) is 0 Å². The molecule has 0 saturated carbocycles. The smallest absolute Gasteiger partial charge is 0.339 e. The third kappa shape index (κ3) is 4.60. The Balaban J connectivity index is 2.20. The van der Waals surface area contributed by atoms with Crippen LogP contribution in [0.1, 0.15) is 63.5 Å². The van der Waals surface area contributed by atoms with Crippen LogP contribution in [0.4, 0.5) is 0 Å². The molecule has 0 spiro atoms. The fraction of sp³-hybridized carbons (Fsp3) is 0.550. The van der Waals surface area contributed by atoms with Crippen molar-refractivity contribution >= 4 is 11.0 Å². The van der Waals surface area contributed by atoms with Gasteiger partial charge in [-0.05, 0) is 43.9 Å². The Hall–Kier alpha value is -1.77. The molecule has 1 heterocycles. The highest BCUT2D eigenvalue weighted by molar-refractivity contribution is 5.82. The van der Waals surface area contributed by atoms with Crippen LogP contribution in [0.5, 0.6) is 5.75 Å². The van der Waals surface area contributed by atoms with Crippen molar-refractivity contribution in [3.8, 4) is 5.75 Å². The first-order chi connectivity index (χ1) is 11.2. The van der Waals surface area contributed by atoms with Crippen LogP contribution in [0.2, 0.25) is 0 Å². The highest BCUT2D eigenvalue weighted by atomic mass is 16.5. The Morgan fingerprint density at radius 2 is 1.78 bits per heavy atom. The van der Waals surface area contributed by atoms with Gasteiger partial charge < -0.3 is 9.15 Å². The van der Waals surface area contributed by atoms with Crippen molar-refractivity contribution in [2.24, 2.45) is 0 Å². The summed E-state index contributed by atoms with van der Waals surface area (Å²) >= 11 is 0. The van der Waals surface area contributed by atoms with Crippen LogP contribution < -0.4 is 10.4 Å². The van der Waals surface area contributed by atoms with Crippen molar-refractivity contribution in [2.45, 2.75) is 65.7 Å². The molecule has 0 N–H and O–H groups in total. The van der Waals surface area contributed by atoms with E-state index in [1.165, 1.54) is 12.8 Å². The summed E-state index contributed by atoms with van der Waals surface area (Å²) < 4.78 is 11.3. The third-order valence-corrected chi connectivity index (χ3v) is 4.31. The van der Waals surface area contributed by atoms with E-state index < -0.39 is 0 Å². The minimum Gasteiger partial charge on any atom is -0.493 e. The van der Waals surface area contributed by atoms with Gasteiger partial charge in [0.05, 0.1) is 6.61 Å². The Kier molecular flexibility index (Phi) is 6.69. The number of hydrogen-bond acceptors (Lipinski definition) is 3. The van der Waals surface area contributed by atoms with E-state index in [1.807, 2.05) is 25.1 Å². The molecular formula is C20H28O3. The third-order valence-electron chi connectivity index (χ3n) is 4.31. The maximum atomic E-state index is 12.3. The lowest BCUT2D eigenvalue weighted by Crippen LogP contribution is -2.10. The molecular weight excluding hydrogens is 288 g/mol. The molecule has 1 aromatic heterocycles. The molecule has 0 fully saturated rings. The van der Waals surface area contributed by atoms with Crippen molar-refractivity contribution < 1.29 is 9.15 Å². The first-order valence-electron chi connectivity index (χ1n) is 8.86. The highest BCUT2D eigenvalue weighted by Crippen LogP contribution is 2.25. The van der Waals surface area contributed by atoms with Crippen LogP contribution in [-0.2, 0) is 6.42 Å². The molecule has 0 aliphatic carbocycles. The normalized spacial score (nSPS) is 11.1. The number of ether oxygens (including phenoxy) is 1. The van der Waals surface area contributed by atoms with Crippen LogP contribution in [0, 0.1) is 6.92 Å². The zero-order chi connectivity index (χ0) is 16.7. The van der Waals surface area contributed by atoms with Crippen molar-refractivity contribution in [2.75, 3.05) is 6.61 Å². The van der Waals surface area contributed by atoms with Crippen LogP contribution in [0.15, 0.2) is 27.4 Å². The summed E-state index contributed by atoms with van der Waals surface area (Å²) in [6, 6.07) is 5.81. The highest BCUT2D eigenvalue weighted by Gasteiger charge is 2.11. The van der Waals surface area contributed by atoms with E-state index in [0.717, 1.165) is 54.4 Å². The van der Waals surface area contributed by atoms with Gasteiger partial charge in [-0.15, -0.1) is 0 Å². The second-order valence-corrected chi connectivity index (χ2v) is 6.16. The maximum Gasteiger partial charge on any atom is 0.339 e. The molecule has 2 rings (SSSR count). The lowest BCUT2D eigenvalue weighted by Gasteiger charge is -2.10. The first kappa shape index (κ1) is 17.6. The number of fused-ring (bicyclic) bond motifs is 1. The summed E-state index contributed by atoms with van der Waals surface area (Å²) in [5.74, 6) is 0.773. The van der Waals surface area contributed by atoms with E-state index in [0.29, 0.717) is 12.2 Å². The minimum absolute atomic E-state index is 0.200. The van der Waals surface area contributed by atoms with E-state index in [9.17, 15) is 4.79 Å². The van der Waals surface area contributed by atoms with Gasteiger partial charge in [-0.1, -0.05) is 39.5 Å². The minimum atomic E-state index is -0.200. The standard InChI is InChI=1S/C20H28O3/c1-4-6-8-10-18-15(3)17-12-11-16(22-13-9-7-5-2)14-19(17)23-20(18)21/h11-12,14H,4-10,13H2,1-3H3. The summed E-state index contributed by atoms with van der Waals surface area (Å²) in [4.78, 5) is 12.3. The topological polar surface area (TPSA) is 39.4 Å². The van der Waals surface area contributed by atoms with Gasteiger partial charge in [0, 0.05) is 17.0 Å². The molecule has 0 saturated heterocycles. The second-order valence-electron chi connectivity index (χ2n) is 6.16. The molecule has 23 heavy (non-hydrogen) atoms. The molecule has 0 atom stereocenters. The lowest BCUT2D eigenvalue weighted by atomic mass is 10.0. The molecule has 1 aromatic carbocycles. The van der Waals surface area contributed by atoms with Crippen LogP contribution >= 0.6 is 0 Å². The van der Waals surface area contributed by atoms with Gasteiger partial charge in [-0.25, -0.2) is 4.79 Å². The van der Waals surface area contributed by atoms with Gasteiger partial charge in [0.2, 0.25) is 0 Å². The largest absolute Gasteiger partial charge is 0.493 e. The fourth-order valence-electron chi connectivity index (χ4n) is 2.85. The second kappa shape index (κ2) is 8.76. The summed E-state index contributed by atoms with van der Waals surface area (Å²) in [6.45, 7) is 7.06. The van der Waals surface area contributed by atoms with Gasteiger partial charge in [-0.3, -0.25) is 0 Å². The predicted octanol–water partition coefficient (Wildman–Crippen LogP) is 5.40. The van der Waals surface area contributed by atoms with Gasteiger partial charge in [0.25, 0.3) is 0 Å². The summed E-state index contributed by atoms with van der Waals surface area (Å²) in [5, 5.41) is 1.01. The number of aryl methyl sites for hydroxylation is 1. The molecule has 0 unspecified atom stereocenters. The summed E-state index contributed by atoms with van der Waals surface area (Å²) in [7, 11) is 0. The van der Waals surface area contributed by atoms with Crippen LogP contribution in [-0.4, -0.2) is 6.61 Å². The first-order valence-corrected chi connectivity index (χ1v) is 8.86. The average Bonchev–Trinajstić information content (AvgIpc) is 2.54. The number of rotatable bonds is 9. The summed E-state index contributed by atoms with van der Waals surface area (Å²) in [6.07, 6.45) is 7.52. The molecule has 3 heteroatoms. The van der Waals surface area contributed by atoms with E-state index in [-0.39, 0.29) is 5.63 Å². The van der Waals surface area contributed by atoms with Crippen LogP contribution in [0.25, 0.3) is 11.0 Å². The van der Waals surface area contributed by atoms with Crippen molar-refractivity contribution in [3.05, 3.63) is 39.7 Å². The summed E-state index contributed by atoms with van der Waals surface area (Å²) in [5.41, 5.74) is 2.29. The van der Waals surface area contributed by atoms with Crippen LogP contribution in [0.3, 0.4) is 0 Å².